The third-order valence-corrected chi connectivity index (χ3v) is 7.71. The predicted molar refractivity (Wildman–Crippen MR) is 167 cm³/mol. The SMILES string of the molecule is CC(C)OC(=O)c1ccc(NC(=O)N[C@@H](Cc2ccc(O)cc2)C(=O)N[C@H]2CCC[N+](C)(Cc3ccc(Cl)cc3)C2)cc1. The molecule has 9 nitrogen and oxygen atoms in total. The second kappa shape index (κ2) is 14.4. The maximum absolute atomic E-state index is 13.6. The molecule has 3 aromatic rings. The Balaban J connectivity index is 1.41. The van der Waals surface area contributed by atoms with E-state index in [0.717, 1.165) is 42.5 Å². The molecule has 1 aliphatic heterocycles. The van der Waals surface area contributed by atoms with Gasteiger partial charge in [0.25, 0.3) is 0 Å². The minimum absolute atomic E-state index is 0.0520. The maximum Gasteiger partial charge on any atom is 0.338 e. The zero-order chi connectivity index (χ0) is 31.0. The molecule has 4 rings (SSSR count). The van der Waals surface area contributed by atoms with Crippen molar-refractivity contribution in [3.05, 3.63) is 94.5 Å². The minimum Gasteiger partial charge on any atom is -0.508 e. The maximum atomic E-state index is 13.6. The number of quaternary nitrogens is 1. The van der Waals surface area contributed by atoms with Crippen molar-refractivity contribution < 1.29 is 28.7 Å². The number of aromatic hydroxyl groups is 1. The average molecular weight is 608 g/mol. The number of likely N-dealkylation sites (tertiary alicyclic amines) is 1. The number of carbonyl (C=O) groups is 3. The number of rotatable bonds is 10. The second-order valence-corrected chi connectivity index (χ2v) is 12.1. The van der Waals surface area contributed by atoms with Crippen LogP contribution in [0.5, 0.6) is 5.75 Å². The van der Waals surface area contributed by atoms with Crippen molar-refractivity contribution in [3.63, 3.8) is 0 Å². The number of urea groups is 1. The number of piperidine rings is 1. The van der Waals surface area contributed by atoms with Crippen LogP contribution in [0.25, 0.3) is 0 Å². The van der Waals surface area contributed by atoms with Gasteiger partial charge in [0.1, 0.15) is 18.3 Å². The highest BCUT2D eigenvalue weighted by atomic mass is 35.5. The fourth-order valence-electron chi connectivity index (χ4n) is 5.40. The number of ether oxygens (including phenoxy) is 1. The number of halogens is 1. The number of nitrogens with one attached hydrogen (secondary N) is 3. The summed E-state index contributed by atoms with van der Waals surface area (Å²) >= 11 is 6.06. The second-order valence-electron chi connectivity index (χ2n) is 11.7. The fourth-order valence-corrected chi connectivity index (χ4v) is 5.53. The van der Waals surface area contributed by atoms with Gasteiger partial charge in [-0.25, -0.2) is 9.59 Å². The van der Waals surface area contributed by atoms with E-state index in [9.17, 15) is 19.5 Å². The summed E-state index contributed by atoms with van der Waals surface area (Å²) in [6.07, 6.45) is 1.82. The smallest absolute Gasteiger partial charge is 0.338 e. The van der Waals surface area contributed by atoms with Crippen molar-refractivity contribution in [2.75, 3.05) is 25.5 Å². The number of phenols is 1. The van der Waals surface area contributed by atoms with Crippen molar-refractivity contribution >= 4 is 35.2 Å². The molecule has 228 valence electrons. The van der Waals surface area contributed by atoms with Crippen molar-refractivity contribution in [2.24, 2.45) is 0 Å². The summed E-state index contributed by atoms with van der Waals surface area (Å²) in [5.74, 6) is -0.599. The molecule has 3 atom stereocenters. The molecule has 1 saturated heterocycles. The summed E-state index contributed by atoms with van der Waals surface area (Å²) in [6.45, 7) is 6.14. The van der Waals surface area contributed by atoms with E-state index in [2.05, 4.69) is 23.0 Å². The lowest BCUT2D eigenvalue weighted by Gasteiger charge is -2.42. The monoisotopic (exact) mass is 607 g/mol. The third kappa shape index (κ3) is 9.73. The first-order valence-corrected chi connectivity index (χ1v) is 14.9. The molecule has 43 heavy (non-hydrogen) atoms. The molecule has 0 saturated carbocycles. The van der Waals surface area contributed by atoms with Crippen LogP contribution in [-0.4, -0.2) is 65.8 Å². The molecule has 0 bridgehead atoms. The first kappa shape index (κ1) is 31.8. The number of carbonyl (C=O) groups excluding carboxylic acids is 3. The van der Waals surface area contributed by atoms with Crippen LogP contribution in [0.3, 0.4) is 0 Å². The molecule has 1 heterocycles. The van der Waals surface area contributed by atoms with Crippen molar-refractivity contribution in [1.29, 1.82) is 0 Å². The number of benzene rings is 3. The average Bonchev–Trinajstić information content (AvgIpc) is 2.95. The Hall–Kier alpha value is -4.08. The van der Waals surface area contributed by atoms with Crippen LogP contribution in [0.15, 0.2) is 72.8 Å². The lowest BCUT2D eigenvalue weighted by atomic mass is 10.00. The highest BCUT2D eigenvalue weighted by Gasteiger charge is 2.34. The van der Waals surface area contributed by atoms with E-state index in [1.54, 1.807) is 62.4 Å². The van der Waals surface area contributed by atoms with E-state index in [1.165, 1.54) is 5.56 Å². The lowest BCUT2D eigenvalue weighted by molar-refractivity contribution is -0.927. The standard InChI is InChI=1S/C33H39ClN4O5/c1-22(2)43-32(41)25-10-14-27(15-11-25)36-33(42)37-30(19-23-8-16-29(39)17-9-23)31(40)35-28-5-4-18-38(3,21-28)20-24-6-12-26(34)13-7-24/h6-17,22,28,30H,4-5,18-21H2,1-3H3,(H3-,35,36,37,39,40,41,42)/p+1/t28-,30-,38?/m0/s1. The molecular formula is C33H40ClN4O5+. The molecule has 1 aliphatic rings. The van der Waals surface area contributed by atoms with E-state index in [4.69, 9.17) is 16.3 Å². The fraction of sp³-hybridized carbons (Fsp3) is 0.364. The van der Waals surface area contributed by atoms with Crippen LogP contribution < -0.4 is 16.0 Å². The molecule has 3 amide bonds. The first-order valence-electron chi connectivity index (χ1n) is 14.5. The molecular weight excluding hydrogens is 568 g/mol. The van der Waals surface area contributed by atoms with Gasteiger partial charge in [0.2, 0.25) is 5.91 Å². The van der Waals surface area contributed by atoms with Crippen molar-refractivity contribution in [3.8, 4) is 5.75 Å². The number of amides is 3. The molecule has 4 N–H and O–H groups in total. The Morgan fingerprint density at radius 3 is 2.28 bits per heavy atom. The summed E-state index contributed by atoms with van der Waals surface area (Å²) in [6, 6.07) is 19.3. The Morgan fingerprint density at radius 2 is 1.63 bits per heavy atom. The van der Waals surface area contributed by atoms with Crippen LogP contribution in [-0.2, 0) is 22.5 Å². The number of phenolic OH excluding ortho intramolecular Hbond substituents is 1. The third-order valence-electron chi connectivity index (χ3n) is 7.45. The largest absolute Gasteiger partial charge is 0.508 e. The van der Waals surface area contributed by atoms with Gasteiger partial charge in [-0.05, 0) is 80.8 Å². The summed E-state index contributed by atoms with van der Waals surface area (Å²) < 4.78 is 5.99. The van der Waals surface area contributed by atoms with Gasteiger partial charge in [0.15, 0.2) is 0 Å². The van der Waals surface area contributed by atoms with E-state index in [1.807, 2.05) is 24.3 Å². The molecule has 1 fully saturated rings. The summed E-state index contributed by atoms with van der Waals surface area (Å²) in [7, 11) is 2.19. The van der Waals surface area contributed by atoms with Gasteiger partial charge in [0, 0.05) is 22.7 Å². The van der Waals surface area contributed by atoms with Gasteiger partial charge in [-0.2, -0.15) is 0 Å². The molecule has 1 unspecified atom stereocenters. The highest BCUT2D eigenvalue weighted by Crippen LogP contribution is 2.22. The first-order chi connectivity index (χ1) is 20.5. The van der Waals surface area contributed by atoms with Crippen molar-refractivity contribution in [1.82, 2.24) is 10.6 Å². The molecule has 0 spiro atoms. The zero-order valence-corrected chi connectivity index (χ0v) is 25.6. The quantitative estimate of drug-likeness (QED) is 0.185. The van der Waals surface area contributed by atoms with Crippen LogP contribution >= 0.6 is 11.6 Å². The Labute approximate surface area is 257 Å². The van der Waals surface area contributed by atoms with Crippen LogP contribution in [0.2, 0.25) is 5.02 Å². The summed E-state index contributed by atoms with van der Waals surface area (Å²) in [5.41, 5.74) is 2.81. The van der Waals surface area contributed by atoms with Gasteiger partial charge in [-0.1, -0.05) is 35.9 Å². The summed E-state index contributed by atoms with van der Waals surface area (Å²) in [4.78, 5) is 38.7. The van der Waals surface area contributed by atoms with Crippen LogP contribution in [0.1, 0.15) is 48.2 Å². The van der Waals surface area contributed by atoms with Gasteiger partial charge >= 0.3 is 12.0 Å². The molecule has 0 aliphatic carbocycles. The van der Waals surface area contributed by atoms with Gasteiger partial charge in [-0.15, -0.1) is 0 Å². The molecule has 10 heteroatoms. The molecule has 0 aromatic heterocycles. The van der Waals surface area contributed by atoms with Gasteiger partial charge < -0.3 is 30.3 Å². The van der Waals surface area contributed by atoms with Crippen molar-refractivity contribution in [2.45, 2.75) is 57.8 Å². The van der Waals surface area contributed by atoms with E-state index in [0.29, 0.717) is 16.3 Å². The van der Waals surface area contributed by atoms with Crippen LogP contribution in [0, 0.1) is 0 Å². The predicted octanol–water partition coefficient (Wildman–Crippen LogP) is 5.27. The van der Waals surface area contributed by atoms with Crippen LogP contribution in [0.4, 0.5) is 10.5 Å². The number of esters is 1. The van der Waals surface area contributed by atoms with E-state index in [-0.39, 0.29) is 30.2 Å². The molecule has 0 radical (unpaired) electrons. The number of hydrogen-bond donors (Lipinski definition) is 4. The number of nitrogens with zero attached hydrogens (tertiary/aromatic N) is 1. The highest BCUT2D eigenvalue weighted by molar-refractivity contribution is 6.30. The van der Waals surface area contributed by atoms with E-state index < -0.39 is 18.0 Å². The zero-order valence-electron chi connectivity index (χ0n) is 24.8. The molecule has 3 aromatic carbocycles. The van der Waals surface area contributed by atoms with Gasteiger partial charge in [0.05, 0.1) is 37.8 Å². The summed E-state index contributed by atoms with van der Waals surface area (Å²) in [5, 5.41) is 19.1. The normalized spacial score (nSPS) is 18.9. The topological polar surface area (TPSA) is 117 Å². The Bertz CT molecular complexity index is 1400. The Morgan fingerprint density at radius 1 is 0.977 bits per heavy atom. The Kier molecular flexibility index (Phi) is 10.7. The lowest BCUT2D eigenvalue weighted by Crippen LogP contribution is -2.59. The number of hydrogen-bond acceptors (Lipinski definition) is 5. The van der Waals surface area contributed by atoms with E-state index >= 15 is 0 Å². The number of anilines is 1. The minimum atomic E-state index is -0.859. The number of likely N-dealkylation sites (N-methyl/N-ethyl adjacent to an activating group) is 1. The van der Waals surface area contributed by atoms with Gasteiger partial charge in [-0.3, -0.25) is 4.79 Å².